The van der Waals surface area contributed by atoms with Gasteiger partial charge in [0.2, 0.25) is 0 Å². The molecule has 0 spiro atoms. The van der Waals surface area contributed by atoms with Gasteiger partial charge in [-0.15, -0.1) is 0 Å². The van der Waals surface area contributed by atoms with E-state index < -0.39 is 18.2 Å². The Morgan fingerprint density at radius 3 is 2.56 bits per heavy atom. The molecule has 0 heterocycles. The van der Waals surface area contributed by atoms with Crippen LogP contribution in [0.4, 0.5) is 5.69 Å². The van der Waals surface area contributed by atoms with Crippen LogP contribution in [-0.4, -0.2) is 27.4 Å². The lowest BCUT2D eigenvalue weighted by atomic mass is 10.0. The third-order valence-corrected chi connectivity index (χ3v) is 2.08. The zero-order valence-corrected chi connectivity index (χ0v) is 8.16. The Hall–Kier alpha value is -2.10. The van der Waals surface area contributed by atoms with Crippen molar-refractivity contribution >= 4 is 11.7 Å². The lowest BCUT2D eigenvalue weighted by Crippen LogP contribution is -2.16. The quantitative estimate of drug-likeness (QED) is 0.417. The van der Waals surface area contributed by atoms with Crippen molar-refractivity contribution in [3.8, 4) is 6.07 Å². The number of rotatable bonds is 3. The minimum Gasteiger partial charge on any atom is -0.478 e. The van der Waals surface area contributed by atoms with Crippen LogP contribution in [-0.2, 0) is 0 Å². The largest absolute Gasteiger partial charge is 0.478 e. The minimum absolute atomic E-state index is 0.0508. The van der Waals surface area contributed by atoms with Crippen LogP contribution in [0.5, 0.6) is 0 Å². The first-order valence-electron chi connectivity index (χ1n) is 4.36. The van der Waals surface area contributed by atoms with Crippen molar-refractivity contribution in [3.63, 3.8) is 0 Å². The molecule has 0 radical (unpaired) electrons. The predicted molar refractivity (Wildman–Crippen MR) is 54.4 cm³/mol. The highest BCUT2D eigenvalue weighted by Crippen LogP contribution is 2.21. The number of hydrogen-bond acceptors (Lipinski definition) is 5. The van der Waals surface area contributed by atoms with Crippen LogP contribution >= 0.6 is 0 Å². The lowest BCUT2D eigenvalue weighted by molar-refractivity contribution is 0.0525. The number of hydrogen-bond donors (Lipinski definition) is 4. The Kier molecular flexibility index (Phi) is 3.45. The molecule has 2 unspecified atom stereocenters. The zero-order chi connectivity index (χ0) is 12.3. The van der Waals surface area contributed by atoms with E-state index >= 15 is 0 Å². The molecule has 1 aromatic rings. The van der Waals surface area contributed by atoms with Gasteiger partial charge in [-0.05, 0) is 17.7 Å². The fraction of sp³-hybridized carbons (Fsp3) is 0.200. The SMILES string of the molecule is N#CC(O)C(O)c1ccc(N)c(C(=O)O)c1. The molecule has 0 saturated heterocycles. The minimum atomic E-state index is -1.61. The van der Waals surface area contributed by atoms with E-state index in [1.54, 1.807) is 0 Å². The molecule has 0 amide bonds. The van der Waals surface area contributed by atoms with Crippen molar-refractivity contribution in [3.05, 3.63) is 29.3 Å². The Labute approximate surface area is 91.2 Å². The molecule has 0 saturated carbocycles. The first-order valence-corrected chi connectivity index (χ1v) is 4.36. The van der Waals surface area contributed by atoms with Gasteiger partial charge in [0.15, 0.2) is 6.10 Å². The van der Waals surface area contributed by atoms with E-state index in [-0.39, 0.29) is 16.8 Å². The van der Waals surface area contributed by atoms with Crippen LogP contribution in [0.25, 0.3) is 0 Å². The number of aliphatic hydroxyl groups excluding tert-OH is 2. The average molecular weight is 222 g/mol. The van der Waals surface area contributed by atoms with Gasteiger partial charge in [0.05, 0.1) is 11.6 Å². The number of nitrogens with two attached hydrogens (primary N) is 1. The van der Waals surface area contributed by atoms with E-state index in [2.05, 4.69) is 0 Å². The monoisotopic (exact) mass is 222 g/mol. The number of nitriles is 1. The fourth-order valence-corrected chi connectivity index (χ4v) is 1.20. The number of aromatic carboxylic acids is 1. The summed E-state index contributed by atoms with van der Waals surface area (Å²) >= 11 is 0. The second kappa shape index (κ2) is 4.61. The molecule has 6 nitrogen and oxygen atoms in total. The molecule has 1 rings (SSSR count). The van der Waals surface area contributed by atoms with E-state index in [1.165, 1.54) is 18.2 Å². The van der Waals surface area contributed by atoms with E-state index in [0.717, 1.165) is 6.07 Å². The Bertz CT molecular complexity index is 453. The normalized spacial score (nSPS) is 13.8. The molecule has 1 aromatic carbocycles. The summed E-state index contributed by atoms with van der Waals surface area (Å²) in [4.78, 5) is 10.7. The van der Waals surface area contributed by atoms with Crippen molar-refractivity contribution in [2.45, 2.75) is 12.2 Å². The predicted octanol–water partition coefficient (Wildman–Crippen LogP) is -0.115. The molecule has 0 aliphatic rings. The molecule has 0 aliphatic heterocycles. The number of carboxylic acid groups (broad SMARTS) is 1. The standard InChI is InChI=1S/C10H10N2O4/c11-4-8(13)9(14)5-1-2-7(12)6(3-5)10(15)16/h1-3,8-9,13-14H,12H2,(H,15,16). The van der Waals surface area contributed by atoms with Gasteiger partial charge in [-0.25, -0.2) is 4.79 Å². The molecular formula is C10H10N2O4. The van der Waals surface area contributed by atoms with Crippen molar-refractivity contribution in [1.82, 2.24) is 0 Å². The van der Waals surface area contributed by atoms with Crippen LogP contribution in [0.15, 0.2) is 18.2 Å². The highest BCUT2D eigenvalue weighted by Gasteiger charge is 2.19. The molecule has 16 heavy (non-hydrogen) atoms. The molecule has 5 N–H and O–H groups in total. The Balaban J connectivity index is 3.13. The average Bonchev–Trinajstić information content (AvgIpc) is 2.27. The van der Waals surface area contributed by atoms with Crippen LogP contribution in [0.1, 0.15) is 22.0 Å². The number of carbonyl (C=O) groups is 1. The molecule has 2 atom stereocenters. The van der Waals surface area contributed by atoms with Crippen LogP contribution in [0.2, 0.25) is 0 Å². The maximum absolute atomic E-state index is 10.7. The van der Waals surface area contributed by atoms with Gasteiger partial charge in [-0.2, -0.15) is 5.26 Å². The third-order valence-electron chi connectivity index (χ3n) is 2.08. The first kappa shape index (κ1) is 12.0. The van der Waals surface area contributed by atoms with Crippen LogP contribution < -0.4 is 5.73 Å². The van der Waals surface area contributed by atoms with Gasteiger partial charge in [-0.1, -0.05) is 6.07 Å². The molecule has 0 fully saturated rings. The first-order chi connectivity index (χ1) is 7.47. The number of nitrogens with zero attached hydrogens (tertiary/aromatic N) is 1. The number of carboxylic acids is 1. The van der Waals surface area contributed by atoms with Crippen molar-refractivity contribution < 1.29 is 20.1 Å². The van der Waals surface area contributed by atoms with Crippen molar-refractivity contribution in [1.29, 1.82) is 5.26 Å². The highest BCUT2D eigenvalue weighted by atomic mass is 16.4. The van der Waals surface area contributed by atoms with Gasteiger partial charge < -0.3 is 21.1 Å². The van der Waals surface area contributed by atoms with E-state index in [9.17, 15) is 9.90 Å². The van der Waals surface area contributed by atoms with Crippen molar-refractivity contribution in [2.24, 2.45) is 0 Å². The summed E-state index contributed by atoms with van der Waals surface area (Å²) in [5.74, 6) is -1.24. The van der Waals surface area contributed by atoms with Crippen molar-refractivity contribution in [2.75, 3.05) is 5.73 Å². The molecule has 0 aliphatic carbocycles. The van der Waals surface area contributed by atoms with Gasteiger partial charge in [-0.3, -0.25) is 0 Å². The third kappa shape index (κ3) is 2.28. The summed E-state index contributed by atoms with van der Waals surface area (Å²) < 4.78 is 0. The zero-order valence-electron chi connectivity index (χ0n) is 8.16. The topological polar surface area (TPSA) is 128 Å². The highest BCUT2D eigenvalue weighted by molar-refractivity contribution is 5.93. The van der Waals surface area contributed by atoms with Gasteiger partial charge >= 0.3 is 5.97 Å². The van der Waals surface area contributed by atoms with Crippen LogP contribution in [0.3, 0.4) is 0 Å². The van der Waals surface area contributed by atoms with E-state index in [1.807, 2.05) is 0 Å². The fourth-order valence-electron chi connectivity index (χ4n) is 1.20. The number of aliphatic hydroxyl groups is 2. The molecule has 0 bridgehead atoms. The Morgan fingerprint density at radius 2 is 2.06 bits per heavy atom. The van der Waals surface area contributed by atoms with E-state index in [0.29, 0.717) is 0 Å². The van der Waals surface area contributed by atoms with Crippen LogP contribution in [0, 0.1) is 11.3 Å². The maximum Gasteiger partial charge on any atom is 0.337 e. The summed E-state index contributed by atoms with van der Waals surface area (Å²) in [7, 11) is 0. The van der Waals surface area contributed by atoms with Gasteiger partial charge in [0, 0.05) is 5.69 Å². The molecule has 84 valence electrons. The van der Waals surface area contributed by atoms with E-state index in [4.69, 9.17) is 21.2 Å². The summed E-state index contributed by atoms with van der Waals surface area (Å²) in [6.45, 7) is 0. The summed E-state index contributed by atoms with van der Waals surface area (Å²) in [6, 6.07) is 5.23. The number of benzene rings is 1. The molecular weight excluding hydrogens is 212 g/mol. The number of anilines is 1. The number of nitrogen functional groups attached to an aromatic ring is 1. The smallest absolute Gasteiger partial charge is 0.337 e. The maximum atomic E-state index is 10.7. The summed E-state index contributed by atoms with van der Waals surface area (Å²) in [5.41, 5.74) is 5.41. The van der Waals surface area contributed by atoms with Gasteiger partial charge in [0.25, 0.3) is 0 Å². The molecule has 6 heteroatoms. The summed E-state index contributed by atoms with van der Waals surface area (Å²) in [5, 5.41) is 35.7. The van der Waals surface area contributed by atoms with Gasteiger partial charge in [0.1, 0.15) is 6.10 Å². The Morgan fingerprint density at radius 1 is 1.44 bits per heavy atom. The molecule has 0 aromatic heterocycles. The lowest BCUT2D eigenvalue weighted by Gasteiger charge is -2.13. The second-order valence-corrected chi connectivity index (χ2v) is 3.17. The second-order valence-electron chi connectivity index (χ2n) is 3.17. The summed E-state index contributed by atoms with van der Waals surface area (Å²) in [6.07, 6.45) is -3.06.